The van der Waals surface area contributed by atoms with Crippen molar-refractivity contribution >= 4 is 17.5 Å². The zero-order valence-electron chi connectivity index (χ0n) is 20.1. The van der Waals surface area contributed by atoms with E-state index in [1.165, 1.54) is 30.2 Å². The van der Waals surface area contributed by atoms with Gasteiger partial charge in [0.25, 0.3) is 5.91 Å². The Labute approximate surface area is 198 Å². The van der Waals surface area contributed by atoms with E-state index < -0.39 is 16.9 Å². The molecule has 10 heteroatoms. The molecule has 0 saturated heterocycles. The first kappa shape index (κ1) is 26.4. The molecule has 184 valence electrons. The largest absolute Gasteiger partial charge is 0.497 e. The Bertz CT molecular complexity index is 995. The zero-order chi connectivity index (χ0) is 25.3. The van der Waals surface area contributed by atoms with Crippen LogP contribution >= 0.6 is 0 Å². The first-order chi connectivity index (χ1) is 16.2. The number of methoxy groups -OCH3 is 2. The Morgan fingerprint density at radius 1 is 1.06 bits per heavy atom. The Morgan fingerprint density at radius 2 is 1.71 bits per heavy atom. The third-order valence-corrected chi connectivity index (χ3v) is 5.39. The number of amides is 2. The molecule has 0 aliphatic rings. The molecule has 2 amide bonds. The monoisotopic (exact) mass is 473 g/mol. The van der Waals surface area contributed by atoms with Crippen molar-refractivity contribution in [3.05, 3.63) is 58.1 Å². The Hall–Kier alpha value is -3.82. The highest BCUT2D eigenvalue weighted by atomic mass is 16.6. The fourth-order valence-electron chi connectivity index (χ4n) is 3.10. The second-order valence-electron chi connectivity index (χ2n) is 7.74. The quantitative estimate of drug-likeness (QED) is 0.371. The third-order valence-electron chi connectivity index (χ3n) is 5.39. The van der Waals surface area contributed by atoms with Gasteiger partial charge in [0.05, 0.1) is 19.1 Å². The van der Waals surface area contributed by atoms with Gasteiger partial charge >= 0.3 is 5.69 Å². The molecular weight excluding hydrogens is 442 g/mol. The normalized spacial score (nSPS) is 12.3. The van der Waals surface area contributed by atoms with E-state index in [9.17, 15) is 19.7 Å². The van der Waals surface area contributed by atoms with Crippen LogP contribution in [0.2, 0.25) is 0 Å². The van der Waals surface area contributed by atoms with E-state index in [1.54, 1.807) is 26.2 Å². The van der Waals surface area contributed by atoms with Gasteiger partial charge in [0.1, 0.15) is 17.5 Å². The van der Waals surface area contributed by atoms with Gasteiger partial charge < -0.3 is 24.4 Å². The summed E-state index contributed by atoms with van der Waals surface area (Å²) in [5.74, 6) is 0.246. The molecule has 1 N–H and O–H groups in total. The van der Waals surface area contributed by atoms with Gasteiger partial charge in [0.15, 0.2) is 6.61 Å². The molecule has 0 spiro atoms. The Balaban J connectivity index is 2.20. The van der Waals surface area contributed by atoms with E-state index >= 15 is 0 Å². The van der Waals surface area contributed by atoms with Crippen LogP contribution in [0.1, 0.15) is 32.8 Å². The van der Waals surface area contributed by atoms with Gasteiger partial charge in [0, 0.05) is 24.7 Å². The van der Waals surface area contributed by atoms with Crippen molar-refractivity contribution in [2.45, 2.75) is 45.8 Å². The highest BCUT2D eigenvalue weighted by Crippen LogP contribution is 2.30. The molecule has 2 rings (SSSR count). The molecule has 0 unspecified atom stereocenters. The molecular formula is C24H31N3O7. The number of carbonyl (C=O) groups excluding carboxylic acids is 2. The summed E-state index contributed by atoms with van der Waals surface area (Å²) in [6.07, 6.45) is 0.760. The number of nitrogens with one attached hydrogen (secondary N) is 1. The van der Waals surface area contributed by atoms with E-state index in [0.717, 1.165) is 12.0 Å². The number of nitro benzene ring substituents is 1. The molecule has 10 nitrogen and oxygen atoms in total. The van der Waals surface area contributed by atoms with Crippen LogP contribution in [0.3, 0.4) is 0 Å². The van der Waals surface area contributed by atoms with Crippen LogP contribution < -0.4 is 19.5 Å². The molecule has 0 saturated carbocycles. The van der Waals surface area contributed by atoms with Crippen molar-refractivity contribution in [3.8, 4) is 17.2 Å². The molecule has 34 heavy (non-hydrogen) atoms. The molecule has 0 fully saturated rings. The molecule has 0 aliphatic carbocycles. The fraction of sp³-hybridized carbons (Fsp3) is 0.417. The summed E-state index contributed by atoms with van der Waals surface area (Å²) >= 11 is 0. The number of benzene rings is 2. The van der Waals surface area contributed by atoms with Crippen molar-refractivity contribution in [3.63, 3.8) is 0 Å². The van der Waals surface area contributed by atoms with Gasteiger partial charge in [-0.25, -0.2) is 0 Å². The van der Waals surface area contributed by atoms with Gasteiger partial charge in [-0.05, 0) is 44.0 Å². The van der Waals surface area contributed by atoms with Gasteiger partial charge in [-0.2, -0.15) is 0 Å². The van der Waals surface area contributed by atoms with Crippen molar-refractivity contribution in [1.29, 1.82) is 0 Å². The lowest BCUT2D eigenvalue weighted by atomic mass is 10.1. The SMILES string of the molecule is CC[C@H](C)NC(=O)[C@@H](C)N(Cc1ccc(OC)cc1)C(=O)COc1ccc([N+](=O)[O-])c(OC)c1. The van der Waals surface area contributed by atoms with Crippen LogP contribution in [0, 0.1) is 10.1 Å². The number of nitro groups is 1. The second-order valence-corrected chi connectivity index (χ2v) is 7.74. The summed E-state index contributed by atoms with van der Waals surface area (Å²) in [4.78, 5) is 37.8. The molecule has 0 aliphatic heterocycles. The summed E-state index contributed by atoms with van der Waals surface area (Å²) in [5, 5.41) is 14.0. The minimum absolute atomic E-state index is 0.0198. The molecule has 0 bridgehead atoms. The maximum atomic E-state index is 13.1. The van der Waals surface area contributed by atoms with Crippen LogP contribution in [0.15, 0.2) is 42.5 Å². The minimum Gasteiger partial charge on any atom is -0.497 e. The number of ether oxygens (including phenoxy) is 3. The van der Waals surface area contributed by atoms with Gasteiger partial charge in [-0.1, -0.05) is 19.1 Å². The number of rotatable bonds is 12. The number of hydrogen-bond acceptors (Lipinski definition) is 7. The van der Waals surface area contributed by atoms with E-state index in [2.05, 4.69) is 5.32 Å². The Kier molecular flexibility index (Phi) is 9.66. The summed E-state index contributed by atoms with van der Waals surface area (Å²) < 4.78 is 15.8. The van der Waals surface area contributed by atoms with Crippen LogP contribution in [0.25, 0.3) is 0 Å². The number of carbonyl (C=O) groups is 2. The number of hydrogen-bond donors (Lipinski definition) is 1. The predicted octanol–water partition coefficient (Wildman–Crippen LogP) is 3.32. The lowest BCUT2D eigenvalue weighted by Gasteiger charge is -2.29. The summed E-state index contributed by atoms with van der Waals surface area (Å²) in [5.41, 5.74) is 0.604. The molecule has 2 aromatic carbocycles. The lowest BCUT2D eigenvalue weighted by molar-refractivity contribution is -0.385. The third kappa shape index (κ3) is 7.09. The van der Waals surface area contributed by atoms with Crippen LogP contribution in [0.5, 0.6) is 17.2 Å². The zero-order valence-corrected chi connectivity index (χ0v) is 20.1. The highest BCUT2D eigenvalue weighted by Gasteiger charge is 2.27. The first-order valence-electron chi connectivity index (χ1n) is 10.9. The topological polar surface area (TPSA) is 120 Å². The Morgan fingerprint density at radius 3 is 2.26 bits per heavy atom. The van der Waals surface area contributed by atoms with Crippen LogP contribution in [-0.2, 0) is 16.1 Å². The van der Waals surface area contributed by atoms with Gasteiger partial charge in [-0.15, -0.1) is 0 Å². The first-order valence-corrected chi connectivity index (χ1v) is 10.9. The van der Waals surface area contributed by atoms with E-state index in [4.69, 9.17) is 14.2 Å². The molecule has 2 atom stereocenters. The summed E-state index contributed by atoms with van der Waals surface area (Å²) in [7, 11) is 2.88. The lowest BCUT2D eigenvalue weighted by Crippen LogP contribution is -2.50. The smallest absolute Gasteiger partial charge is 0.311 e. The predicted molar refractivity (Wildman–Crippen MR) is 126 cm³/mol. The van der Waals surface area contributed by atoms with E-state index in [0.29, 0.717) is 5.75 Å². The summed E-state index contributed by atoms with van der Waals surface area (Å²) in [6.45, 7) is 5.34. The van der Waals surface area contributed by atoms with Crippen molar-refractivity contribution in [2.75, 3.05) is 20.8 Å². The molecule has 0 aromatic heterocycles. The number of nitrogens with zero attached hydrogens (tertiary/aromatic N) is 2. The van der Waals surface area contributed by atoms with Gasteiger partial charge in [0.2, 0.25) is 11.7 Å². The van der Waals surface area contributed by atoms with E-state index in [-0.39, 0.29) is 42.3 Å². The maximum absolute atomic E-state index is 13.1. The molecule has 0 heterocycles. The molecule has 2 aromatic rings. The average Bonchev–Trinajstić information content (AvgIpc) is 2.85. The summed E-state index contributed by atoms with van der Waals surface area (Å²) in [6, 6.07) is 10.4. The standard InChI is InChI=1S/C24H31N3O7/c1-6-16(2)25-24(29)17(3)26(14-18-7-9-19(32-4)10-8-18)23(28)15-34-20-11-12-21(27(30)31)22(13-20)33-5/h7-13,16-17H,6,14-15H2,1-5H3,(H,25,29)/t16-,17+/m0/s1. The van der Waals surface area contributed by atoms with Crippen molar-refractivity contribution in [1.82, 2.24) is 10.2 Å². The maximum Gasteiger partial charge on any atom is 0.311 e. The van der Waals surface area contributed by atoms with Crippen molar-refractivity contribution < 1.29 is 28.7 Å². The average molecular weight is 474 g/mol. The van der Waals surface area contributed by atoms with Crippen LogP contribution in [-0.4, -0.2) is 54.5 Å². The van der Waals surface area contributed by atoms with Crippen LogP contribution in [0.4, 0.5) is 5.69 Å². The minimum atomic E-state index is -0.751. The highest BCUT2D eigenvalue weighted by molar-refractivity contribution is 5.88. The molecule has 0 radical (unpaired) electrons. The van der Waals surface area contributed by atoms with Crippen molar-refractivity contribution in [2.24, 2.45) is 0 Å². The van der Waals surface area contributed by atoms with E-state index in [1.807, 2.05) is 26.0 Å². The second kappa shape index (κ2) is 12.4. The fourth-order valence-corrected chi connectivity index (χ4v) is 3.10. The van der Waals surface area contributed by atoms with Gasteiger partial charge in [-0.3, -0.25) is 19.7 Å².